The lowest BCUT2D eigenvalue weighted by atomic mass is 9.84. The molecule has 3 rings (SSSR count). The molecule has 0 radical (unpaired) electrons. The van der Waals surface area contributed by atoms with Gasteiger partial charge in [-0.15, -0.1) is 10.2 Å². The van der Waals surface area contributed by atoms with Crippen LogP contribution in [0.3, 0.4) is 0 Å². The molecule has 0 aliphatic carbocycles. The zero-order valence-corrected chi connectivity index (χ0v) is 15.4. The highest BCUT2D eigenvalue weighted by Gasteiger charge is 2.20. The highest BCUT2D eigenvalue weighted by atomic mass is 19.1. The van der Waals surface area contributed by atoms with Gasteiger partial charge in [-0.1, -0.05) is 38.6 Å². The number of anilines is 2. The summed E-state index contributed by atoms with van der Waals surface area (Å²) in [5.74, 6) is 0.866. The molecule has 2 heterocycles. The highest BCUT2D eigenvalue weighted by molar-refractivity contribution is 5.68. The third-order valence-corrected chi connectivity index (χ3v) is 4.47. The number of benzene rings is 1. The Morgan fingerprint density at radius 2 is 1.89 bits per heavy atom. The van der Waals surface area contributed by atoms with Crippen LogP contribution in [0.2, 0.25) is 0 Å². The molecule has 0 aliphatic rings. The van der Waals surface area contributed by atoms with Crippen LogP contribution < -0.4 is 11.1 Å². The molecule has 0 amide bonds. The highest BCUT2D eigenvalue weighted by Crippen LogP contribution is 2.25. The van der Waals surface area contributed by atoms with Gasteiger partial charge in [0, 0.05) is 29.3 Å². The predicted octanol–water partition coefficient (Wildman–Crippen LogP) is 4.29. The third kappa shape index (κ3) is 4.28. The van der Waals surface area contributed by atoms with E-state index in [9.17, 15) is 4.39 Å². The van der Waals surface area contributed by atoms with Crippen molar-refractivity contribution in [2.45, 2.75) is 19.3 Å². The SMILES string of the molecule is C=Cc1cc(-c2ccc(NCC(C)(C)c3ccc(F)cc3)nn2)cnc1N. The van der Waals surface area contributed by atoms with Crippen LogP contribution in [0.5, 0.6) is 0 Å². The first-order valence-corrected chi connectivity index (χ1v) is 8.61. The summed E-state index contributed by atoms with van der Waals surface area (Å²) >= 11 is 0. The minimum absolute atomic E-state index is 0.187. The van der Waals surface area contributed by atoms with Crippen LogP contribution in [-0.2, 0) is 5.41 Å². The van der Waals surface area contributed by atoms with Crippen molar-refractivity contribution in [3.63, 3.8) is 0 Å². The number of nitrogen functional groups attached to an aromatic ring is 1. The molecule has 0 aliphatic heterocycles. The number of pyridine rings is 1. The smallest absolute Gasteiger partial charge is 0.148 e. The van der Waals surface area contributed by atoms with Crippen LogP contribution >= 0.6 is 0 Å². The van der Waals surface area contributed by atoms with Crippen LogP contribution in [0.15, 0.2) is 55.2 Å². The second kappa shape index (κ2) is 7.53. The molecule has 0 fully saturated rings. The fourth-order valence-electron chi connectivity index (χ4n) is 2.69. The van der Waals surface area contributed by atoms with Gasteiger partial charge >= 0.3 is 0 Å². The van der Waals surface area contributed by atoms with E-state index in [4.69, 9.17) is 5.73 Å². The summed E-state index contributed by atoms with van der Waals surface area (Å²) in [5, 5.41) is 11.8. The van der Waals surface area contributed by atoms with Crippen molar-refractivity contribution in [2.24, 2.45) is 0 Å². The summed E-state index contributed by atoms with van der Waals surface area (Å²) in [4.78, 5) is 4.15. The normalized spacial score (nSPS) is 11.2. The lowest BCUT2D eigenvalue weighted by Crippen LogP contribution is -2.28. The molecule has 3 N–H and O–H groups in total. The Balaban J connectivity index is 1.70. The number of aromatic nitrogens is 3. The van der Waals surface area contributed by atoms with Crippen LogP contribution in [0.1, 0.15) is 25.0 Å². The fourth-order valence-corrected chi connectivity index (χ4v) is 2.69. The average Bonchev–Trinajstić information content (AvgIpc) is 2.68. The number of hydrogen-bond donors (Lipinski definition) is 2. The second-order valence-electron chi connectivity index (χ2n) is 6.95. The van der Waals surface area contributed by atoms with Gasteiger partial charge in [-0.2, -0.15) is 0 Å². The monoisotopic (exact) mass is 363 g/mol. The maximum atomic E-state index is 13.1. The Hall–Kier alpha value is -3.28. The van der Waals surface area contributed by atoms with Gasteiger partial charge in [0.05, 0.1) is 5.69 Å². The molecule has 5 nitrogen and oxygen atoms in total. The number of nitrogens with zero attached hydrogens (tertiary/aromatic N) is 3. The lowest BCUT2D eigenvalue weighted by molar-refractivity contribution is 0.552. The molecule has 1 aromatic carbocycles. The Morgan fingerprint density at radius 3 is 2.52 bits per heavy atom. The van der Waals surface area contributed by atoms with E-state index in [2.05, 4.69) is 40.9 Å². The van der Waals surface area contributed by atoms with Crippen LogP contribution in [0.4, 0.5) is 16.0 Å². The molecule has 2 aromatic heterocycles. The van der Waals surface area contributed by atoms with Gasteiger partial charge in [-0.05, 0) is 35.9 Å². The molecule has 0 atom stereocenters. The zero-order chi connectivity index (χ0) is 19.4. The van der Waals surface area contributed by atoms with E-state index in [-0.39, 0.29) is 11.2 Å². The number of nitrogens with two attached hydrogens (primary N) is 1. The van der Waals surface area contributed by atoms with Crippen molar-refractivity contribution >= 4 is 17.7 Å². The minimum Gasteiger partial charge on any atom is -0.383 e. The van der Waals surface area contributed by atoms with Gasteiger partial charge in [0.2, 0.25) is 0 Å². The Labute approximate surface area is 158 Å². The van der Waals surface area contributed by atoms with Gasteiger partial charge < -0.3 is 11.1 Å². The standard InChI is InChI=1S/C21H22FN5/c1-4-14-11-15(12-24-20(14)23)18-9-10-19(27-26-18)25-13-21(2,3)16-5-7-17(22)8-6-16/h4-12H,1,13H2,2-3H3,(H2,23,24)(H,25,27). The van der Waals surface area contributed by atoms with Gasteiger partial charge in [0.25, 0.3) is 0 Å². The summed E-state index contributed by atoms with van der Waals surface area (Å²) < 4.78 is 13.1. The van der Waals surface area contributed by atoms with Crippen molar-refractivity contribution in [2.75, 3.05) is 17.6 Å². The first kappa shape index (κ1) is 18.5. The largest absolute Gasteiger partial charge is 0.383 e. The molecule has 3 aromatic rings. The molecule has 138 valence electrons. The van der Waals surface area contributed by atoms with Crippen molar-refractivity contribution in [1.29, 1.82) is 0 Å². The molecule has 0 unspecified atom stereocenters. The average molecular weight is 363 g/mol. The maximum Gasteiger partial charge on any atom is 0.148 e. The van der Waals surface area contributed by atoms with E-state index >= 15 is 0 Å². The quantitative estimate of drug-likeness (QED) is 0.683. The fraction of sp³-hybridized carbons (Fsp3) is 0.190. The topological polar surface area (TPSA) is 76.7 Å². The first-order valence-electron chi connectivity index (χ1n) is 8.61. The summed E-state index contributed by atoms with van der Waals surface area (Å²) in [7, 11) is 0. The van der Waals surface area contributed by atoms with Crippen LogP contribution in [0, 0.1) is 5.82 Å². The van der Waals surface area contributed by atoms with E-state index < -0.39 is 0 Å². The van der Waals surface area contributed by atoms with Crippen molar-refractivity contribution in [1.82, 2.24) is 15.2 Å². The van der Waals surface area contributed by atoms with E-state index in [0.29, 0.717) is 23.9 Å². The molecular formula is C21H22FN5. The van der Waals surface area contributed by atoms with E-state index in [0.717, 1.165) is 16.7 Å². The molecule has 0 saturated heterocycles. The van der Waals surface area contributed by atoms with Crippen LogP contribution in [-0.4, -0.2) is 21.7 Å². The van der Waals surface area contributed by atoms with E-state index in [1.165, 1.54) is 12.1 Å². The lowest BCUT2D eigenvalue weighted by Gasteiger charge is -2.25. The molecule has 0 bridgehead atoms. The number of hydrogen-bond acceptors (Lipinski definition) is 5. The van der Waals surface area contributed by atoms with Gasteiger partial charge in [-0.25, -0.2) is 9.37 Å². The zero-order valence-electron chi connectivity index (χ0n) is 15.4. The Morgan fingerprint density at radius 1 is 1.15 bits per heavy atom. The first-order chi connectivity index (χ1) is 12.9. The van der Waals surface area contributed by atoms with Crippen molar-refractivity contribution in [3.05, 3.63) is 72.2 Å². The van der Waals surface area contributed by atoms with Crippen molar-refractivity contribution in [3.8, 4) is 11.3 Å². The molecule has 0 saturated carbocycles. The Bertz CT molecular complexity index is 934. The van der Waals surface area contributed by atoms with Gasteiger partial charge in [-0.3, -0.25) is 0 Å². The van der Waals surface area contributed by atoms with Crippen molar-refractivity contribution < 1.29 is 4.39 Å². The number of rotatable bonds is 6. The summed E-state index contributed by atoms with van der Waals surface area (Å²) in [6.45, 7) is 8.54. The van der Waals surface area contributed by atoms with E-state index in [1.807, 2.05) is 18.2 Å². The van der Waals surface area contributed by atoms with Gasteiger partial charge in [0.1, 0.15) is 17.5 Å². The van der Waals surface area contributed by atoms with Crippen LogP contribution in [0.25, 0.3) is 17.3 Å². The molecule has 27 heavy (non-hydrogen) atoms. The molecular weight excluding hydrogens is 341 g/mol. The predicted molar refractivity (Wildman–Crippen MR) is 108 cm³/mol. The third-order valence-electron chi connectivity index (χ3n) is 4.47. The summed E-state index contributed by atoms with van der Waals surface area (Å²) in [5.41, 5.74) is 8.94. The van der Waals surface area contributed by atoms with Gasteiger partial charge in [0.15, 0.2) is 0 Å². The Kier molecular flexibility index (Phi) is 5.16. The molecule has 0 spiro atoms. The summed E-state index contributed by atoms with van der Waals surface area (Å²) in [6.07, 6.45) is 3.32. The maximum absolute atomic E-state index is 13.1. The molecule has 6 heteroatoms. The van der Waals surface area contributed by atoms with E-state index in [1.54, 1.807) is 24.4 Å². The minimum atomic E-state index is -0.235. The second-order valence-corrected chi connectivity index (χ2v) is 6.95. The number of nitrogens with one attached hydrogen (secondary N) is 1. The number of halogens is 1. The summed E-state index contributed by atoms with van der Waals surface area (Å²) in [6, 6.07) is 12.2.